The SMILES string of the molecule is CC(C)(C)C(=O)NCCCC(=O)N1CCCCC1CCC(=O)O. The Morgan fingerprint density at radius 2 is 1.87 bits per heavy atom. The number of rotatable bonds is 7. The van der Waals surface area contributed by atoms with E-state index >= 15 is 0 Å². The number of carboxylic acid groups (broad SMARTS) is 1. The molecule has 0 aromatic rings. The van der Waals surface area contributed by atoms with Crippen molar-refractivity contribution in [1.29, 1.82) is 0 Å². The van der Waals surface area contributed by atoms with Gasteiger partial charge in [0.25, 0.3) is 0 Å². The Bertz CT molecular complexity index is 429. The first-order valence-electron chi connectivity index (χ1n) is 8.51. The van der Waals surface area contributed by atoms with Crippen LogP contribution in [-0.2, 0) is 14.4 Å². The van der Waals surface area contributed by atoms with Crippen LogP contribution < -0.4 is 5.32 Å². The van der Waals surface area contributed by atoms with Gasteiger partial charge in [0, 0.05) is 37.4 Å². The average molecular weight is 326 g/mol. The second-order valence-corrected chi connectivity index (χ2v) is 7.28. The molecule has 6 heteroatoms. The molecule has 6 nitrogen and oxygen atoms in total. The Balaban J connectivity index is 2.36. The number of nitrogens with zero attached hydrogens (tertiary/aromatic N) is 1. The molecular formula is C17H30N2O4. The Hall–Kier alpha value is -1.59. The Morgan fingerprint density at radius 1 is 1.17 bits per heavy atom. The summed E-state index contributed by atoms with van der Waals surface area (Å²) in [7, 11) is 0. The fourth-order valence-corrected chi connectivity index (χ4v) is 2.77. The van der Waals surface area contributed by atoms with Gasteiger partial charge in [-0.05, 0) is 32.1 Å². The van der Waals surface area contributed by atoms with Gasteiger partial charge in [0.15, 0.2) is 0 Å². The van der Waals surface area contributed by atoms with Crippen LogP contribution in [0.5, 0.6) is 0 Å². The summed E-state index contributed by atoms with van der Waals surface area (Å²) in [5, 5.41) is 11.7. The number of hydrogen-bond donors (Lipinski definition) is 2. The van der Waals surface area contributed by atoms with Crippen molar-refractivity contribution in [1.82, 2.24) is 10.2 Å². The summed E-state index contributed by atoms with van der Waals surface area (Å²) in [6, 6.07) is 0.0523. The van der Waals surface area contributed by atoms with Gasteiger partial charge in [0.05, 0.1) is 0 Å². The third-order valence-corrected chi connectivity index (χ3v) is 4.17. The van der Waals surface area contributed by atoms with Gasteiger partial charge in [-0.15, -0.1) is 0 Å². The number of carbonyl (C=O) groups is 3. The third kappa shape index (κ3) is 7.01. The van der Waals surface area contributed by atoms with E-state index in [2.05, 4.69) is 5.32 Å². The molecule has 0 saturated carbocycles. The van der Waals surface area contributed by atoms with Crippen molar-refractivity contribution in [3.63, 3.8) is 0 Å². The first-order chi connectivity index (χ1) is 10.7. The van der Waals surface area contributed by atoms with E-state index in [1.54, 1.807) is 0 Å². The van der Waals surface area contributed by atoms with Crippen molar-refractivity contribution in [2.24, 2.45) is 5.41 Å². The van der Waals surface area contributed by atoms with Crippen LogP contribution in [0, 0.1) is 5.41 Å². The van der Waals surface area contributed by atoms with E-state index in [4.69, 9.17) is 5.11 Å². The maximum Gasteiger partial charge on any atom is 0.303 e. The number of carboxylic acids is 1. The minimum atomic E-state index is -0.812. The summed E-state index contributed by atoms with van der Waals surface area (Å²) in [6.45, 7) is 6.78. The van der Waals surface area contributed by atoms with Crippen molar-refractivity contribution in [2.75, 3.05) is 13.1 Å². The lowest BCUT2D eigenvalue weighted by Crippen LogP contribution is -2.44. The first-order valence-corrected chi connectivity index (χ1v) is 8.51. The van der Waals surface area contributed by atoms with Gasteiger partial charge in [-0.25, -0.2) is 0 Å². The van der Waals surface area contributed by atoms with Crippen LogP contribution in [0.4, 0.5) is 0 Å². The molecule has 0 radical (unpaired) electrons. The molecular weight excluding hydrogens is 296 g/mol. The number of carbonyl (C=O) groups excluding carboxylic acids is 2. The van der Waals surface area contributed by atoms with E-state index in [-0.39, 0.29) is 24.3 Å². The summed E-state index contributed by atoms with van der Waals surface area (Å²) in [6.07, 6.45) is 4.57. The van der Waals surface area contributed by atoms with E-state index in [1.165, 1.54) is 0 Å². The van der Waals surface area contributed by atoms with Gasteiger partial charge in [0.2, 0.25) is 11.8 Å². The highest BCUT2D eigenvalue weighted by molar-refractivity contribution is 5.81. The van der Waals surface area contributed by atoms with Crippen molar-refractivity contribution in [2.45, 2.75) is 71.8 Å². The molecule has 132 valence electrons. The van der Waals surface area contributed by atoms with Crippen molar-refractivity contribution in [3.8, 4) is 0 Å². The van der Waals surface area contributed by atoms with E-state index in [0.717, 1.165) is 25.8 Å². The minimum Gasteiger partial charge on any atom is -0.481 e. The molecule has 1 saturated heterocycles. The van der Waals surface area contributed by atoms with Gasteiger partial charge >= 0.3 is 5.97 Å². The summed E-state index contributed by atoms with van der Waals surface area (Å²) in [5.74, 6) is -0.750. The summed E-state index contributed by atoms with van der Waals surface area (Å²) in [5.41, 5.74) is -0.418. The molecule has 2 N–H and O–H groups in total. The fourth-order valence-electron chi connectivity index (χ4n) is 2.77. The molecule has 1 heterocycles. The molecule has 0 aliphatic carbocycles. The maximum atomic E-state index is 12.4. The van der Waals surface area contributed by atoms with Crippen LogP contribution in [-0.4, -0.2) is 46.9 Å². The standard InChI is InChI=1S/C17H30N2O4/c1-17(2,3)16(23)18-11-6-8-14(20)19-12-5-4-7-13(19)9-10-15(21)22/h13H,4-12H2,1-3H3,(H,18,23)(H,21,22). The molecule has 1 rings (SSSR count). The van der Waals surface area contributed by atoms with Crippen LogP contribution in [0.2, 0.25) is 0 Å². The topological polar surface area (TPSA) is 86.7 Å². The second-order valence-electron chi connectivity index (χ2n) is 7.28. The van der Waals surface area contributed by atoms with E-state index in [0.29, 0.717) is 25.8 Å². The van der Waals surface area contributed by atoms with Gasteiger partial charge < -0.3 is 15.3 Å². The van der Waals surface area contributed by atoms with E-state index in [9.17, 15) is 14.4 Å². The highest BCUT2D eigenvalue weighted by Crippen LogP contribution is 2.22. The van der Waals surface area contributed by atoms with Crippen LogP contribution in [0.1, 0.15) is 65.7 Å². The van der Waals surface area contributed by atoms with E-state index < -0.39 is 11.4 Å². The quantitative estimate of drug-likeness (QED) is 0.702. The molecule has 23 heavy (non-hydrogen) atoms. The normalized spacial score (nSPS) is 18.6. The monoisotopic (exact) mass is 326 g/mol. The molecule has 1 aliphatic heterocycles. The van der Waals surface area contributed by atoms with Gasteiger partial charge in [0.1, 0.15) is 0 Å². The van der Waals surface area contributed by atoms with Crippen molar-refractivity contribution >= 4 is 17.8 Å². The van der Waals surface area contributed by atoms with Crippen LogP contribution in [0.3, 0.4) is 0 Å². The fraction of sp³-hybridized carbons (Fsp3) is 0.824. The number of hydrogen-bond acceptors (Lipinski definition) is 3. The summed E-state index contributed by atoms with van der Waals surface area (Å²) >= 11 is 0. The van der Waals surface area contributed by atoms with Crippen molar-refractivity contribution in [3.05, 3.63) is 0 Å². The van der Waals surface area contributed by atoms with Gasteiger partial charge in [-0.2, -0.15) is 0 Å². The predicted octanol–water partition coefficient (Wildman–Crippen LogP) is 2.17. The zero-order chi connectivity index (χ0) is 17.5. The number of nitrogens with one attached hydrogen (secondary N) is 1. The number of piperidine rings is 1. The molecule has 0 aromatic heterocycles. The maximum absolute atomic E-state index is 12.4. The minimum absolute atomic E-state index is 0.0118. The molecule has 0 aromatic carbocycles. The smallest absolute Gasteiger partial charge is 0.303 e. The van der Waals surface area contributed by atoms with E-state index in [1.807, 2.05) is 25.7 Å². The molecule has 1 fully saturated rings. The summed E-state index contributed by atoms with van der Waals surface area (Å²) < 4.78 is 0. The first kappa shape index (κ1) is 19.5. The van der Waals surface area contributed by atoms with Crippen molar-refractivity contribution < 1.29 is 19.5 Å². The van der Waals surface area contributed by atoms with Gasteiger partial charge in [-0.3, -0.25) is 14.4 Å². The lowest BCUT2D eigenvalue weighted by Gasteiger charge is -2.36. The Labute approximate surface area is 138 Å². The molecule has 0 bridgehead atoms. The lowest BCUT2D eigenvalue weighted by molar-refractivity contribution is -0.140. The molecule has 0 spiro atoms. The Morgan fingerprint density at radius 3 is 2.48 bits per heavy atom. The zero-order valence-electron chi connectivity index (χ0n) is 14.6. The summed E-state index contributed by atoms with van der Waals surface area (Å²) in [4.78, 5) is 36.7. The number of aliphatic carboxylic acids is 1. The highest BCUT2D eigenvalue weighted by Gasteiger charge is 2.26. The van der Waals surface area contributed by atoms with Crippen LogP contribution in [0.25, 0.3) is 0 Å². The lowest BCUT2D eigenvalue weighted by atomic mass is 9.95. The second kappa shape index (κ2) is 8.89. The molecule has 1 aliphatic rings. The molecule has 1 atom stereocenters. The average Bonchev–Trinajstić information content (AvgIpc) is 2.48. The van der Waals surface area contributed by atoms with Crippen LogP contribution in [0.15, 0.2) is 0 Å². The number of amides is 2. The third-order valence-electron chi connectivity index (χ3n) is 4.17. The molecule has 1 unspecified atom stereocenters. The zero-order valence-corrected chi connectivity index (χ0v) is 14.6. The largest absolute Gasteiger partial charge is 0.481 e. The highest BCUT2D eigenvalue weighted by atomic mass is 16.4. The Kier molecular flexibility index (Phi) is 7.52. The molecule has 2 amide bonds. The predicted molar refractivity (Wildman–Crippen MR) is 87.9 cm³/mol. The van der Waals surface area contributed by atoms with Crippen LogP contribution >= 0.6 is 0 Å². The van der Waals surface area contributed by atoms with Gasteiger partial charge in [-0.1, -0.05) is 20.8 Å². The number of likely N-dealkylation sites (tertiary alicyclic amines) is 1.